The Bertz CT molecular complexity index is 515. The van der Waals surface area contributed by atoms with E-state index in [0.717, 1.165) is 5.56 Å². The van der Waals surface area contributed by atoms with Crippen molar-refractivity contribution in [2.24, 2.45) is 5.92 Å². The minimum Gasteiger partial charge on any atom is -0.468 e. The van der Waals surface area contributed by atoms with Crippen LogP contribution in [0.3, 0.4) is 0 Å². The lowest BCUT2D eigenvalue weighted by atomic mass is 9.86. The van der Waals surface area contributed by atoms with Gasteiger partial charge in [0.05, 0.1) is 22.3 Å². The average molecular weight is 320 g/mol. The Labute approximate surface area is 133 Å². The second-order valence-corrected chi connectivity index (χ2v) is 11.3. The second kappa shape index (κ2) is 7.94. The van der Waals surface area contributed by atoms with Crippen molar-refractivity contribution in [3.8, 4) is 0 Å². The molecule has 0 amide bonds. The molecule has 1 rings (SSSR count). The minimum absolute atomic E-state index is 0.396. The first-order valence-electron chi connectivity index (χ1n) is 7.20. The van der Waals surface area contributed by atoms with E-state index in [1.807, 2.05) is 36.4 Å². The summed E-state index contributed by atoms with van der Waals surface area (Å²) in [5, 5.41) is 0. The molecule has 1 atom stereocenters. The fraction of sp³-hybridized carbons (Fsp3) is 0.412. The molecule has 0 aliphatic carbocycles. The van der Waals surface area contributed by atoms with Gasteiger partial charge in [0.2, 0.25) is 0 Å². The Morgan fingerprint density at radius 1 is 1.00 bits per heavy atom. The molecule has 0 bridgehead atoms. The number of hydrogen-bond acceptors (Lipinski definition) is 4. The molecule has 0 aliphatic rings. The molecular formula is C17H24O4Si. The van der Waals surface area contributed by atoms with Gasteiger partial charge in [-0.3, -0.25) is 9.59 Å². The predicted octanol–water partition coefficient (Wildman–Crippen LogP) is 3.17. The van der Waals surface area contributed by atoms with Crippen LogP contribution in [0.5, 0.6) is 0 Å². The Morgan fingerprint density at radius 3 is 1.91 bits per heavy atom. The molecule has 0 fully saturated rings. The number of carbonyl (C=O) groups is 2. The van der Waals surface area contributed by atoms with E-state index in [4.69, 9.17) is 9.47 Å². The first-order chi connectivity index (χ1) is 10.3. The topological polar surface area (TPSA) is 52.6 Å². The van der Waals surface area contributed by atoms with Crippen LogP contribution in [-0.4, -0.2) is 34.2 Å². The quantitative estimate of drug-likeness (QED) is 0.459. The number of rotatable bonds is 6. The monoisotopic (exact) mass is 320 g/mol. The predicted molar refractivity (Wildman–Crippen MR) is 89.2 cm³/mol. The molecule has 0 heterocycles. The summed E-state index contributed by atoms with van der Waals surface area (Å²) in [6, 6.07) is 9.47. The fourth-order valence-corrected chi connectivity index (χ4v) is 2.91. The highest BCUT2D eigenvalue weighted by molar-refractivity contribution is 6.80. The summed E-state index contributed by atoms with van der Waals surface area (Å²) in [6.07, 6.45) is 1.94. The highest BCUT2D eigenvalue weighted by Crippen LogP contribution is 2.29. The van der Waals surface area contributed by atoms with Crippen LogP contribution in [0.1, 0.15) is 11.5 Å². The molecule has 0 saturated heterocycles. The molecule has 5 heteroatoms. The lowest BCUT2D eigenvalue weighted by Crippen LogP contribution is -2.32. The van der Waals surface area contributed by atoms with E-state index in [0.29, 0.717) is 0 Å². The fourth-order valence-electron chi connectivity index (χ4n) is 2.13. The highest BCUT2D eigenvalue weighted by atomic mass is 28.3. The standard InChI is InChI=1S/C17H24O4Si/c1-20-16(18)15(17(19)21-2)14(11-12-22(3,4)5)13-9-7-6-8-10-13/h6-12,14-15H,1-5H3/b12-11+. The minimum atomic E-state index is -1.47. The molecule has 120 valence electrons. The molecule has 0 spiro atoms. The number of hydrogen-bond donors (Lipinski definition) is 0. The third kappa shape index (κ3) is 5.15. The van der Waals surface area contributed by atoms with E-state index in [2.05, 4.69) is 25.3 Å². The SMILES string of the molecule is COC(=O)C(C(=O)OC)C(/C=C/[Si](C)(C)C)c1ccccc1. The molecule has 22 heavy (non-hydrogen) atoms. The van der Waals surface area contributed by atoms with Gasteiger partial charge in [-0.1, -0.05) is 61.7 Å². The molecule has 0 N–H and O–H groups in total. The van der Waals surface area contributed by atoms with Crippen molar-refractivity contribution in [1.82, 2.24) is 0 Å². The van der Waals surface area contributed by atoms with Gasteiger partial charge in [-0.25, -0.2) is 0 Å². The normalized spacial score (nSPS) is 13.2. The summed E-state index contributed by atoms with van der Waals surface area (Å²) in [7, 11) is 1.09. The third-order valence-corrected chi connectivity index (χ3v) is 4.45. The van der Waals surface area contributed by atoms with Gasteiger partial charge in [-0.2, -0.15) is 0 Å². The van der Waals surface area contributed by atoms with E-state index in [1.165, 1.54) is 14.2 Å². The van der Waals surface area contributed by atoms with Gasteiger partial charge in [0, 0.05) is 5.92 Å². The van der Waals surface area contributed by atoms with Crippen LogP contribution in [0.25, 0.3) is 0 Å². The van der Waals surface area contributed by atoms with Crippen LogP contribution in [0.4, 0.5) is 0 Å². The summed E-state index contributed by atoms with van der Waals surface area (Å²) in [5.41, 5.74) is 3.02. The molecule has 0 radical (unpaired) electrons. The van der Waals surface area contributed by atoms with Crippen LogP contribution < -0.4 is 0 Å². The number of carbonyl (C=O) groups excluding carboxylic acids is 2. The van der Waals surface area contributed by atoms with Gasteiger partial charge in [0.25, 0.3) is 0 Å². The summed E-state index contributed by atoms with van der Waals surface area (Å²) >= 11 is 0. The number of ether oxygens (including phenoxy) is 2. The average Bonchev–Trinajstić information content (AvgIpc) is 2.50. The van der Waals surface area contributed by atoms with E-state index in [9.17, 15) is 9.59 Å². The molecule has 4 nitrogen and oxygen atoms in total. The number of esters is 2. The zero-order valence-corrected chi connectivity index (χ0v) is 14.8. The highest BCUT2D eigenvalue weighted by Gasteiger charge is 2.36. The van der Waals surface area contributed by atoms with Gasteiger partial charge >= 0.3 is 11.9 Å². The van der Waals surface area contributed by atoms with E-state index >= 15 is 0 Å². The molecule has 1 unspecified atom stereocenters. The van der Waals surface area contributed by atoms with Gasteiger partial charge in [-0.05, 0) is 5.56 Å². The van der Waals surface area contributed by atoms with E-state index in [-0.39, 0.29) is 0 Å². The summed E-state index contributed by atoms with van der Waals surface area (Å²) in [6.45, 7) is 6.57. The Hall–Kier alpha value is -1.88. The van der Waals surface area contributed by atoms with Crippen LogP contribution in [0, 0.1) is 5.92 Å². The smallest absolute Gasteiger partial charge is 0.321 e. The summed E-state index contributed by atoms with van der Waals surface area (Å²) < 4.78 is 9.61. The Morgan fingerprint density at radius 2 is 1.50 bits per heavy atom. The van der Waals surface area contributed by atoms with Crippen molar-refractivity contribution in [3.05, 3.63) is 47.7 Å². The van der Waals surface area contributed by atoms with Crippen molar-refractivity contribution in [1.29, 1.82) is 0 Å². The number of benzene rings is 1. The third-order valence-electron chi connectivity index (χ3n) is 3.26. The van der Waals surface area contributed by atoms with Crippen LogP contribution >= 0.6 is 0 Å². The molecular weight excluding hydrogens is 296 g/mol. The van der Waals surface area contributed by atoms with Gasteiger partial charge < -0.3 is 9.47 Å². The summed E-state index contributed by atoms with van der Waals surface area (Å²) in [5.74, 6) is -2.56. The zero-order valence-electron chi connectivity index (χ0n) is 13.8. The van der Waals surface area contributed by atoms with Crippen molar-refractivity contribution >= 4 is 20.0 Å². The van der Waals surface area contributed by atoms with Gasteiger partial charge in [0.15, 0.2) is 5.92 Å². The molecule has 0 saturated carbocycles. The lowest BCUT2D eigenvalue weighted by molar-refractivity contribution is -0.159. The maximum atomic E-state index is 12.1. The van der Waals surface area contributed by atoms with E-state index in [1.54, 1.807) is 0 Å². The van der Waals surface area contributed by atoms with Crippen LogP contribution in [0.15, 0.2) is 42.1 Å². The van der Waals surface area contributed by atoms with Crippen LogP contribution in [0.2, 0.25) is 19.6 Å². The number of allylic oxidation sites excluding steroid dienone is 1. The summed E-state index contributed by atoms with van der Waals surface area (Å²) in [4.78, 5) is 24.2. The van der Waals surface area contributed by atoms with Crippen molar-refractivity contribution < 1.29 is 19.1 Å². The maximum Gasteiger partial charge on any atom is 0.321 e. The number of methoxy groups -OCH3 is 2. The largest absolute Gasteiger partial charge is 0.468 e. The molecule has 0 aromatic heterocycles. The van der Waals surface area contributed by atoms with Gasteiger partial charge in [0.1, 0.15) is 0 Å². The second-order valence-electron chi connectivity index (χ2n) is 6.19. The van der Waals surface area contributed by atoms with Gasteiger partial charge in [-0.15, -0.1) is 0 Å². The van der Waals surface area contributed by atoms with Crippen molar-refractivity contribution in [3.63, 3.8) is 0 Å². The molecule has 0 aliphatic heterocycles. The Balaban J connectivity index is 3.30. The first kappa shape index (κ1) is 18.2. The first-order valence-corrected chi connectivity index (χ1v) is 10.8. The molecule has 1 aromatic rings. The van der Waals surface area contributed by atoms with Crippen molar-refractivity contribution in [2.75, 3.05) is 14.2 Å². The van der Waals surface area contributed by atoms with Crippen LogP contribution in [-0.2, 0) is 19.1 Å². The Kier molecular flexibility index (Phi) is 6.55. The molecule has 1 aromatic carbocycles. The maximum absolute atomic E-state index is 12.1. The lowest BCUT2D eigenvalue weighted by Gasteiger charge is -2.22. The zero-order chi connectivity index (χ0) is 16.8. The van der Waals surface area contributed by atoms with Crippen molar-refractivity contribution in [2.45, 2.75) is 25.6 Å². The van der Waals surface area contributed by atoms with E-state index < -0.39 is 31.8 Å².